The summed E-state index contributed by atoms with van der Waals surface area (Å²) in [5, 5.41) is 9.88. The van der Waals surface area contributed by atoms with Crippen molar-refractivity contribution in [1.29, 1.82) is 0 Å². The Morgan fingerprint density at radius 3 is 2.29 bits per heavy atom. The zero-order valence-electron chi connectivity index (χ0n) is 11.8. The first kappa shape index (κ1) is 16.8. The summed E-state index contributed by atoms with van der Waals surface area (Å²) in [7, 11) is 1.71. The Labute approximate surface area is 106 Å². The summed E-state index contributed by atoms with van der Waals surface area (Å²) in [5.74, 6) is 0. The zero-order chi connectivity index (χ0) is 13.1. The predicted octanol–water partition coefficient (Wildman–Crippen LogP) is 1.52. The molecule has 0 aliphatic heterocycles. The number of methoxy groups -OCH3 is 1. The highest BCUT2D eigenvalue weighted by Crippen LogP contribution is 2.09. The fraction of sp³-hybridized carbons (Fsp3) is 1.00. The minimum Gasteiger partial charge on any atom is -0.389 e. The molecule has 4 nitrogen and oxygen atoms in total. The van der Waals surface area contributed by atoms with Gasteiger partial charge in [0, 0.05) is 32.8 Å². The third kappa shape index (κ3) is 7.71. The molecule has 0 aliphatic carbocycles. The molecule has 1 N–H and O–H groups in total. The van der Waals surface area contributed by atoms with E-state index in [0.717, 1.165) is 19.4 Å². The highest BCUT2D eigenvalue weighted by molar-refractivity contribution is 4.72. The molecule has 1 unspecified atom stereocenters. The smallest absolute Gasteiger partial charge is 0.0900 e. The van der Waals surface area contributed by atoms with Crippen molar-refractivity contribution in [2.24, 2.45) is 0 Å². The van der Waals surface area contributed by atoms with E-state index in [0.29, 0.717) is 32.4 Å². The van der Waals surface area contributed by atoms with E-state index in [-0.39, 0.29) is 0 Å². The number of aliphatic hydroxyl groups excluding tert-OH is 1. The Kier molecular flexibility index (Phi) is 10.9. The second-order valence-corrected chi connectivity index (χ2v) is 4.27. The van der Waals surface area contributed by atoms with Gasteiger partial charge in [-0.05, 0) is 19.8 Å². The number of rotatable bonds is 11. The molecule has 1 atom stereocenters. The van der Waals surface area contributed by atoms with Crippen molar-refractivity contribution in [3.63, 3.8) is 0 Å². The van der Waals surface area contributed by atoms with Crippen LogP contribution < -0.4 is 0 Å². The van der Waals surface area contributed by atoms with E-state index in [1.165, 1.54) is 0 Å². The molecule has 0 aromatic carbocycles. The Morgan fingerprint density at radius 1 is 1.18 bits per heavy atom. The molecule has 0 aromatic rings. The molecule has 0 saturated carbocycles. The second kappa shape index (κ2) is 11.0. The van der Waals surface area contributed by atoms with Crippen LogP contribution in [0.25, 0.3) is 0 Å². The average Bonchev–Trinajstić information content (AvgIpc) is 2.34. The van der Waals surface area contributed by atoms with Gasteiger partial charge >= 0.3 is 0 Å². The van der Waals surface area contributed by atoms with Gasteiger partial charge in [0.1, 0.15) is 0 Å². The van der Waals surface area contributed by atoms with Crippen molar-refractivity contribution >= 4 is 0 Å². The minimum atomic E-state index is -0.410. The van der Waals surface area contributed by atoms with Gasteiger partial charge in [-0.2, -0.15) is 0 Å². The van der Waals surface area contributed by atoms with Crippen LogP contribution in [0.3, 0.4) is 0 Å². The average molecular weight is 247 g/mol. The number of nitrogens with zero attached hydrogens (tertiary/aromatic N) is 1. The Hall–Kier alpha value is -0.160. The molecule has 0 radical (unpaired) electrons. The fourth-order valence-corrected chi connectivity index (χ4v) is 2.01. The van der Waals surface area contributed by atoms with Crippen molar-refractivity contribution in [3.05, 3.63) is 0 Å². The molecule has 0 saturated heterocycles. The first-order valence-corrected chi connectivity index (χ1v) is 6.68. The van der Waals surface area contributed by atoms with Crippen LogP contribution in [0, 0.1) is 0 Å². The van der Waals surface area contributed by atoms with E-state index in [9.17, 15) is 5.11 Å². The molecule has 104 valence electrons. The van der Waals surface area contributed by atoms with Gasteiger partial charge in [-0.1, -0.05) is 13.8 Å². The monoisotopic (exact) mass is 247 g/mol. The lowest BCUT2D eigenvalue weighted by Gasteiger charge is -2.31. The molecule has 17 heavy (non-hydrogen) atoms. The first-order valence-electron chi connectivity index (χ1n) is 6.68. The van der Waals surface area contributed by atoms with Crippen molar-refractivity contribution in [1.82, 2.24) is 4.90 Å². The number of ether oxygens (including phenoxy) is 2. The van der Waals surface area contributed by atoms with E-state index in [4.69, 9.17) is 9.47 Å². The normalized spacial score (nSPS) is 13.6. The maximum absolute atomic E-state index is 9.88. The van der Waals surface area contributed by atoms with Gasteiger partial charge in [0.15, 0.2) is 0 Å². The van der Waals surface area contributed by atoms with Crippen molar-refractivity contribution in [3.8, 4) is 0 Å². The Morgan fingerprint density at radius 2 is 1.82 bits per heavy atom. The van der Waals surface area contributed by atoms with Gasteiger partial charge in [-0.3, -0.25) is 4.90 Å². The van der Waals surface area contributed by atoms with Crippen LogP contribution in [0.5, 0.6) is 0 Å². The van der Waals surface area contributed by atoms with Crippen LogP contribution in [0.2, 0.25) is 0 Å². The van der Waals surface area contributed by atoms with E-state index in [1.54, 1.807) is 7.11 Å². The van der Waals surface area contributed by atoms with Gasteiger partial charge < -0.3 is 14.6 Å². The van der Waals surface area contributed by atoms with Crippen LogP contribution in [0.1, 0.15) is 33.6 Å². The number of hydrogen-bond acceptors (Lipinski definition) is 4. The standard InChI is InChI=1S/C13H29NO3/c1-5-12(6-2)14(8-9-16-4)10-13(15)11-17-7-3/h12-13,15H,5-11H2,1-4H3. The van der Waals surface area contributed by atoms with Crippen LogP contribution >= 0.6 is 0 Å². The van der Waals surface area contributed by atoms with E-state index in [1.807, 2.05) is 6.92 Å². The molecule has 0 aromatic heterocycles. The van der Waals surface area contributed by atoms with E-state index < -0.39 is 6.10 Å². The number of hydrogen-bond donors (Lipinski definition) is 1. The van der Waals surface area contributed by atoms with Crippen molar-refractivity contribution < 1.29 is 14.6 Å². The third-order valence-electron chi connectivity index (χ3n) is 3.00. The van der Waals surface area contributed by atoms with Crippen molar-refractivity contribution in [2.45, 2.75) is 45.8 Å². The van der Waals surface area contributed by atoms with Gasteiger partial charge in [-0.15, -0.1) is 0 Å². The lowest BCUT2D eigenvalue weighted by Crippen LogP contribution is -2.43. The first-order chi connectivity index (χ1) is 8.19. The summed E-state index contributed by atoms with van der Waals surface area (Å²) >= 11 is 0. The van der Waals surface area contributed by atoms with Gasteiger partial charge in [0.2, 0.25) is 0 Å². The largest absolute Gasteiger partial charge is 0.389 e. The van der Waals surface area contributed by atoms with Gasteiger partial charge in [0.05, 0.1) is 19.3 Å². The minimum absolute atomic E-state index is 0.410. The quantitative estimate of drug-likeness (QED) is 0.601. The summed E-state index contributed by atoms with van der Waals surface area (Å²) in [4.78, 5) is 2.30. The molecule has 0 rings (SSSR count). The zero-order valence-corrected chi connectivity index (χ0v) is 11.8. The van der Waals surface area contributed by atoms with Gasteiger partial charge in [0.25, 0.3) is 0 Å². The van der Waals surface area contributed by atoms with Crippen LogP contribution in [-0.2, 0) is 9.47 Å². The topological polar surface area (TPSA) is 41.9 Å². The Balaban J connectivity index is 4.15. The summed E-state index contributed by atoms with van der Waals surface area (Å²) in [6, 6.07) is 0.515. The van der Waals surface area contributed by atoms with Crippen LogP contribution in [-0.4, -0.2) is 62.2 Å². The molecular formula is C13H29NO3. The summed E-state index contributed by atoms with van der Waals surface area (Å²) in [6.45, 7) is 9.61. The highest BCUT2D eigenvalue weighted by Gasteiger charge is 2.18. The summed E-state index contributed by atoms with van der Waals surface area (Å²) in [6.07, 6.45) is 1.79. The second-order valence-electron chi connectivity index (χ2n) is 4.27. The summed E-state index contributed by atoms with van der Waals surface area (Å²) < 4.78 is 10.4. The molecule has 0 spiro atoms. The van der Waals surface area contributed by atoms with Crippen LogP contribution in [0.15, 0.2) is 0 Å². The van der Waals surface area contributed by atoms with E-state index in [2.05, 4.69) is 18.7 Å². The fourth-order valence-electron chi connectivity index (χ4n) is 2.01. The molecule has 0 aliphatic rings. The van der Waals surface area contributed by atoms with Crippen molar-refractivity contribution in [2.75, 3.05) is 40.0 Å². The molecule has 0 amide bonds. The Bertz CT molecular complexity index is 163. The molecule has 0 bridgehead atoms. The molecule has 0 fully saturated rings. The summed E-state index contributed by atoms with van der Waals surface area (Å²) in [5.41, 5.74) is 0. The lowest BCUT2D eigenvalue weighted by atomic mass is 10.1. The number of aliphatic hydroxyl groups is 1. The maximum Gasteiger partial charge on any atom is 0.0900 e. The van der Waals surface area contributed by atoms with Gasteiger partial charge in [-0.25, -0.2) is 0 Å². The maximum atomic E-state index is 9.88. The SMILES string of the molecule is CCOCC(O)CN(CCOC)C(CC)CC. The predicted molar refractivity (Wildman–Crippen MR) is 70.3 cm³/mol. The molecule has 0 heterocycles. The van der Waals surface area contributed by atoms with Crippen LogP contribution in [0.4, 0.5) is 0 Å². The van der Waals surface area contributed by atoms with E-state index >= 15 is 0 Å². The molecule has 4 heteroatoms. The lowest BCUT2D eigenvalue weighted by molar-refractivity contribution is 0.00531. The molecular weight excluding hydrogens is 218 g/mol. The highest BCUT2D eigenvalue weighted by atomic mass is 16.5. The third-order valence-corrected chi connectivity index (χ3v) is 3.00.